The van der Waals surface area contributed by atoms with E-state index in [1.807, 2.05) is 7.05 Å². The lowest BCUT2D eigenvalue weighted by Crippen LogP contribution is -2.34. The van der Waals surface area contributed by atoms with Crippen LogP contribution in [0.1, 0.15) is 23.5 Å². The van der Waals surface area contributed by atoms with Crippen molar-refractivity contribution in [3.63, 3.8) is 0 Å². The highest BCUT2D eigenvalue weighted by atomic mass is 32.1. The van der Waals surface area contributed by atoms with Crippen molar-refractivity contribution in [2.75, 3.05) is 26.7 Å². The van der Waals surface area contributed by atoms with Crippen molar-refractivity contribution in [3.8, 4) is 0 Å². The predicted molar refractivity (Wildman–Crippen MR) is 69.0 cm³/mol. The van der Waals surface area contributed by atoms with E-state index in [0.717, 1.165) is 49.2 Å². The Kier molecular flexibility index (Phi) is 4.81. The van der Waals surface area contributed by atoms with E-state index in [1.165, 1.54) is 0 Å². The van der Waals surface area contributed by atoms with Crippen LogP contribution in [0.25, 0.3) is 0 Å². The smallest absolute Gasteiger partial charge is 0.317 e. The molecule has 3 nitrogen and oxygen atoms in total. The molecular weight excluding hydrogens is 275 g/mol. The molecule has 108 valence electrons. The van der Waals surface area contributed by atoms with Crippen molar-refractivity contribution >= 4 is 11.3 Å². The van der Waals surface area contributed by atoms with E-state index in [1.54, 1.807) is 0 Å². The number of hydrogen-bond donors (Lipinski definition) is 1. The molecule has 0 bridgehead atoms. The molecule has 1 aromatic rings. The molecule has 0 aliphatic carbocycles. The van der Waals surface area contributed by atoms with Crippen LogP contribution in [-0.2, 0) is 12.7 Å². The third-order valence-corrected chi connectivity index (χ3v) is 4.11. The van der Waals surface area contributed by atoms with Gasteiger partial charge in [0.2, 0.25) is 0 Å². The van der Waals surface area contributed by atoms with Crippen molar-refractivity contribution in [1.82, 2.24) is 15.2 Å². The molecule has 0 atom stereocenters. The van der Waals surface area contributed by atoms with E-state index in [2.05, 4.69) is 15.2 Å². The van der Waals surface area contributed by atoms with Crippen molar-refractivity contribution in [3.05, 3.63) is 16.1 Å². The summed E-state index contributed by atoms with van der Waals surface area (Å²) in [6.07, 6.45) is -2.06. The monoisotopic (exact) mass is 293 g/mol. The van der Waals surface area contributed by atoms with E-state index in [4.69, 9.17) is 0 Å². The van der Waals surface area contributed by atoms with Crippen LogP contribution < -0.4 is 5.32 Å². The number of thiazole rings is 1. The lowest BCUT2D eigenvalue weighted by Gasteiger charge is -2.27. The van der Waals surface area contributed by atoms with Crippen molar-refractivity contribution < 1.29 is 13.2 Å². The fourth-order valence-electron chi connectivity index (χ4n) is 2.31. The summed E-state index contributed by atoms with van der Waals surface area (Å²) >= 11 is 1.08. The van der Waals surface area contributed by atoms with Crippen LogP contribution in [0.2, 0.25) is 0 Å². The Bertz CT molecular complexity index is 399. The molecule has 2 heterocycles. The Morgan fingerprint density at radius 2 is 2.11 bits per heavy atom. The molecule has 1 fully saturated rings. The zero-order chi connectivity index (χ0) is 13.9. The van der Waals surface area contributed by atoms with Gasteiger partial charge in [-0.25, -0.2) is 4.98 Å². The second-order valence-electron chi connectivity index (χ2n) is 5.01. The van der Waals surface area contributed by atoms with Crippen LogP contribution >= 0.6 is 11.3 Å². The van der Waals surface area contributed by atoms with E-state index in [-0.39, 0.29) is 0 Å². The molecule has 0 saturated carbocycles. The highest BCUT2D eigenvalue weighted by Gasteiger charge is 2.33. The van der Waals surface area contributed by atoms with Gasteiger partial charge in [0.15, 0.2) is 5.69 Å². The lowest BCUT2D eigenvalue weighted by molar-refractivity contribution is -0.140. The van der Waals surface area contributed by atoms with Gasteiger partial charge < -0.3 is 5.32 Å². The van der Waals surface area contributed by atoms with Crippen LogP contribution in [-0.4, -0.2) is 36.6 Å². The number of hydrogen-bond acceptors (Lipinski definition) is 4. The van der Waals surface area contributed by atoms with Crippen molar-refractivity contribution in [1.29, 1.82) is 0 Å². The topological polar surface area (TPSA) is 28.2 Å². The van der Waals surface area contributed by atoms with Gasteiger partial charge in [-0.1, -0.05) is 0 Å². The average Bonchev–Trinajstić information content (AvgIpc) is 2.78. The minimum atomic E-state index is -4.33. The predicted octanol–water partition coefficient (Wildman–Crippen LogP) is 2.59. The first-order valence-corrected chi connectivity index (χ1v) is 7.24. The maximum atomic E-state index is 12.4. The highest BCUT2D eigenvalue weighted by Crippen LogP contribution is 2.30. The Balaban J connectivity index is 1.84. The molecule has 1 aliphatic heterocycles. The van der Waals surface area contributed by atoms with Crippen molar-refractivity contribution in [2.24, 2.45) is 5.92 Å². The number of nitrogens with zero attached hydrogens (tertiary/aromatic N) is 2. The summed E-state index contributed by atoms with van der Waals surface area (Å²) in [4.78, 5) is 5.72. The summed E-state index contributed by atoms with van der Waals surface area (Å²) in [5, 5.41) is 4.93. The second kappa shape index (κ2) is 6.19. The number of nitrogens with one attached hydrogen (secondary N) is 1. The molecule has 0 radical (unpaired) electrons. The van der Waals surface area contributed by atoms with E-state index in [0.29, 0.717) is 17.5 Å². The number of halogens is 3. The molecule has 0 spiro atoms. The van der Waals surface area contributed by atoms with Gasteiger partial charge in [-0.05, 0) is 38.9 Å². The number of aromatic nitrogens is 1. The molecule has 0 unspecified atom stereocenters. The first kappa shape index (κ1) is 14.7. The van der Waals surface area contributed by atoms with Crippen LogP contribution in [0.4, 0.5) is 13.2 Å². The summed E-state index contributed by atoms with van der Waals surface area (Å²) in [6, 6.07) is 0. The van der Waals surface area contributed by atoms with E-state index in [9.17, 15) is 13.2 Å². The van der Waals surface area contributed by atoms with Gasteiger partial charge in [-0.3, -0.25) is 4.90 Å². The maximum Gasteiger partial charge on any atom is 0.434 e. The van der Waals surface area contributed by atoms with Crippen LogP contribution in [0.5, 0.6) is 0 Å². The molecule has 2 rings (SSSR count). The Hall–Kier alpha value is -0.660. The fraction of sp³-hybridized carbons (Fsp3) is 0.750. The highest BCUT2D eigenvalue weighted by molar-refractivity contribution is 7.09. The number of alkyl halides is 3. The fourth-order valence-corrected chi connectivity index (χ4v) is 3.19. The SMILES string of the molecule is CN(Cc1nc(C(F)(F)F)cs1)CC1CCNCC1. The quantitative estimate of drug-likeness (QED) is 0.925. The average molecular weight is 293 g/mol. The molecule has 7 heteroatoms. The van der Waals surface area contributed by atoms with Gasteiger partial charge in [-0.2, -0.15) is 13.2 Å². The van der Waals surface area contributed by atoms with Gasteiger partial charge in [0.1, 0.15) is 5.01 Å². The summed E-state index contributed by atoms with van der Waals surface area (Å²) < 4.78 is 37.3. The second-order valence-corrected chi connectivity index (χ2v) is 5.96. The molecular formula is C12H18F3N3S. The summed E-state index contributed by atoms with van der Waals surface area (Å²) in [6.45, 7) is 3.48. The van der Waals surface area contributed by atoms with Crippen LogP contribution in [0.3, 0.4) is 0 Å². The van der Waals surface area contributed by atoms with E-state index >= 15 is 0 Å². The molecule has 1 aliphatic rings. The van der Waals surface area contributed by atoms with E-state index < -0.39 is 11.9 Å². The molecule has 19 heavy (non-hydrogen) atoms. The number of piperidine rings is 1. The number of rotatable bonds is 4. The minimum absolute atomic E-state index is 0.491. The summed E-state index contributed by atoms with van der Waals surface area (Å²) in [5.74, 6) is 0.633. The third-order valence-electron chi connectivity index (χ3n) is 3.28. The normalized spacial score (nSPS) is 18.2. The molecule has 1 aromatic heterocycles. The zero-order valence-corrected chi connectivity index (χ0v) is 11.7. The maximum absolute atomic E-state index is 12.4. The Labute approximate surface area is 114 Å². The summed E-state index contributed by atoms with van der Waals surface area (Å²) in [5.41, 5.74) is -0.775. The van der Waals surface area contributed by atoms with Gasteiger partial charge in [0.05, 0.1) is 6.54 Å². The largest absolute Gasteiger partial charge is 0.434 e. The van der Waals surface area contributed by atoms with Gasteiger partial charge >= 0.3 is 6.18 Å². The first-order chi connectivity index (χ1) is 8.95. The van der Waals surface area contributed by atoms with Gasteiger partial charge in [0, 0.05) is 11.9 Å². The van der Waals surface area contributed by atoms with Crippen LogP contribution in [0, 0.1) is 5.92 Å². The van der Waals surface area contributed by atoms with Crippen LogP contribution in [0.15, 0.2) is 5.38 Å². The first-order valence-electron chi connectivity index (χ1n) is 6.36. The standard InChI is InChI=1S/C12H18F3N3S/c1-18(6-9-2-4-16-5-3-9)7-11-17-10(8-19-11)12(13,14)15/h8-9,16H,2-7H2,1H3. The Morgan fingerprint density at radius 3 is 2.68 bits per heavy atom. The molecule has 0 amide bonds. The molecule has 1 saturated heterocycles. The molecule has 1 N–H and O–H groups in total. The Morgan fingerprint density at radius 1 is 1.42 bits per heavy atom. The third kappa shape index (κ3) is 4.43. The lowest BCUT2D eigenvalue weighted by atomic mass is 9.98. The van der Waals surface area contributed by atoms with Crippen molar-refractivity contribution in [2.45, 2.75) is 25.6 Å². The summed E-state index contributed by atoms with van der Waals surface area (Å²) in [7, 11) is 1.94. The van der Waals surface area contributed by atoms with Gasteiger partial charge in [0.25, 0.3) is 0 Å². The zero-order valence-electron chi connectivity index (χ0n) is 10.8. The minimum Gasteiger partial charge on any atom is -0.317 e. The van der Waals surface area contributed by atoms with Gasteiger partial charge in [-0.15, -0.1) is 11.3 Å². The molecule has 0 aromatic carbocycles.